The molecule has 3 heterocycles. The largest absolute Gasteiger partial charge is 0.409 e. The van der Waals surface area contributed by atoms with Crippen molar-refractivity contribution < 1.29 is 13.5 Å². The van der Waals surface area contributed by atoms with Crippen LogP contribution in [0.3, 0.4) is 0 Å². The van der Waals surface area contributed by atoms with E-state index >= 15 is 0 Å². The second kappa shape index (κ2) is 5.38. The van der Waals surface area contributed by atoms with Crippen molar-refractivity contribution in [2.24, 2.45) is 0 Å². The highest BCUT2D eigenvalue weighted by atomic mass is 19.1. The van der Waals surface area contributed by atoms with Crippen molar-refractivity contribution in [3.63, 3.8) is 0 Å². The number of benzene rings is 2. The van der Waals surface area contributed by atoms with Crippen LogP contribution < -0.4 is 10.3 Å². The number of hydrogen-bond acceptors (Lipinski definition) is 5. The van der Waals surface area contributed by atoms with Crippen molar-refractivity contribution in [3.8, 4) is 11.8 Å². The van der Waals surface area contributed by atoms with Crippen molar-refractivity contribution in [2.75, 3.05) is 0 Å². The molecule has 0 saturated heterocycles. The van der Waals surface area contributed by atoms with Crippen molar-refractivity contribution in [1.29, 1.82) is 0 Å². The van der Waals surface area contributed by atoms with Gasteiger partial charge < -0.3 is 14.1 Å². The molecule has 0 aliphatic rings. The average molecular weight is 347 g/mol. The number of H-pyrrole nitrogens is 1. The number of fused-ring (bicyclic) bond motifs is 6. The van der Waals surface area contributed by atoms with E-state index in [-0.39, 0.29) is 11.6 Å². The highest BCUT2D eigenvalue weighted by Crippen LogP contribution is 2.36. The fourth-order valence-electron chi connectivity index (χ4n) is 3.08. The van der Waals surface area contributed by atoms with Gasteiger partial charge in [0.15, 0.2) is 11.3 Å². The molecule has 6 nitrogen and oxygen atoms in total. The maximum absolute atomic E-state index is 13.8. The summed E-state index contributed by atoms with van der Waals surface area (Å²) in [5, 5.41) is 1.96. The number of rotatable bonds is 2. The summed E-state index contributed by atoms with van der Waals surface area (Å²) in [6.07, 6.45) is 4.69. The smallest absolute Gasteiger partial charge is 0.400 e. The first-order valence-electron chi connectivity index (χ1n) is 7.82. The van der Waals surface area contributed by atoms with Gasteiger partial charge in [-0.25, -0.2) is 4.39 Å². The summed E-state index contributed by atoms with van der Waals surface area (Å²) in [6.45, 7) is 0. The number of nitrogens with zero attached hydrogens (tertiary/aromatic N) is 2. The number of aromatic amines is 1. The highest BCUT2D eigenvalue weighted by Gasteiger charge is 2.18. The molecule has 3 aromatic heterocycles. The van der Waals surface area contributed by atoms with Crippen LogP contribution in [0.4, 0.5) is 4.39 Å². The standard InChI is InChI=1S/C19H10FN3O3/c20-10-3-4-12-14(8-10)15-13(5-7-22-18(15)24)17-16(12)23-19(26-17)25-11-2-1-6-21-9-11/h1-9H,(H,22,24). The van der Waals surface area contributed by atoms with Gasteiger partial charge >= 0.3 is 6.08 Å². The Morgan fingerprint density at radius 2 is 2.04 bits per heavy atom. The molecule has 0 saturated carbocycles. The first kappa shape index (κ1) is 14.6. The summed E-state index contributed by atoms with van der Waals surface area (Å²) in [5.41, 5.74) is 0.576. The molecule has 2 aromatic carbocycles. The summed E-state index contributed by atoms with van der Waals surface area (Å²) >= 11 is 0. The summed E-state index contributed by atoms with van der Waals surface area (Å²) in [7, 11) is 0. The number of halogens is 1. The Bertz CT molecular complexity index is 1340. The molecule has 0 unspecified atom stereocenters. The van der Waals surface area contributed by atoms with Crippen molar-refractivity contribution in [3.05, 3.63) is 71.2 Å². The Labute approximate surface area is 144 Å². The Hall–Kier alpha value is -3.74. The third-order valence-electron chi connectivity index (χ3n) is 4.16. The SMILES string of the molecule is O=c1[nH]ccc2c3oc(Oc4cccnc4)nc3c3ccc(F)cc3c12. The Morgan fingerprint density at radius 1 is 1.12 bits per heavy atom. The van der Waals surface area contributed by atoms with E-state index in [1.54, 1.807) is 30.5 Å². The summed E-state index contributed by atoms with van der Waals surface area (Å²) < 4.78 is 25.2. The van der Waals surface area contributed by atoms with Gasteiger partial charge in [0.05, 0.1) is 11.6 Å². The van der Waals surface area contributed by atoms with E-state index < -0.39 is 5.82 Å². The van der Waals surface area contributed by atoms with E-state index in [0.717, 1.165) is 0 Å². The average Bonchev–Trinajstić information content (AvgIpc) is 3.06. The number of pyridine rings is 2. The highest BCUT2D eigenvalue weighted by molar-refractivity contribution is 6.22. The Morgan fingerprint density at radius 3 is 2.88 bits per heavy atom. The number of oxazole rings is 1. The second-order valence-electron chi connectivity index (χ2n) is 5.73. The molecule has 5 aromatic rings. The van der Waals surface area contributed by atoms with Crippen molar-refractivity contribution >= 4 is 32.6 Å². The summed E-state index contributed by atoms with van der Waals surface area (Å²) in [5.74, 6) is 0.0355. The van der Waals surface area contributed by atoms with Crippen LogP contribution in [-0.4, -0.2) is 15.0 Å². The van der Waals surface area contributed by atoms with E-state index in [1.165, 1.54) is 24.5 Å². The molecule has 0 bridgehead atoms. The molecule has 0 aliphatic carbocycles. The van der Waals surface area contributed by atoms with Crippen LogP contribution in [0, 0.1) is 5.82 Å². The number of nitrogens with one attached hydrogen (secondary N) is 1. The molecule has 0 atom stereocenters. The zero-order valence-electron chi connectivity index (χ0n) is 13.2. The lowest BCUT2D eigenvalue weighted by Crippen LogP contribution is -2.05. The minimum Gasteiger partial charge on any atom is -0.409 e. The lowest BCUT2D eigenvalue weighted by Gasteiger charge is -2.04. The summed E-state index contributed by atoms with van der Waals surface area (Å²) in [4.78, 5) is 23.4. The van der Waals surface area contributed by atoms with E-state index in [9.17, 15) is 9.18 Å². The number of aromatic nitrogens is 3. The molecule has 0 fully saturated rings. The van der Waals surface area contributed by atoms with Gasteiger partial charge in [0.2, 0.25) is 0 Å². The van der Waals surface area contributed by atoms with Crippen LogP contribution in [0.2, 0.25) is 0 Å². The van der Waals surface area contributed by atoms with Crippen LogP contribution in [0.5, 0.6) is 11.8 Å². The Kier molecular flexibility index (Phi) is 3.02. The normalized spacial score (nSPS) is 11.4. The molecule has 0 aliphatic heterocycles. The molecular weight excluding hydrogens is 337 g/mol. The monoisotopic (exact) mass is 347 g/mol. The molecule has 0 radical (unpaired) electrons. The van der Waals surface area contributed by atoms with Gasteiger partial charge in [-0.1, -0.05) is 0 Å². The minimum atomic E-state index is -0.434. The molecule has 126 valence electrons. The van der Waals surface area contributed by atoms with Gasteiger partial charge in [-0.15, -0.1) is 0 Å². The molecule has 0 amide bonds. The van der Waals surface area contributed by atoms with E-state index in [2.05, 4.69) is 15.0 Å². The lowest BCUT2D eigenvalue weighted by molar-refractivity contribution is 0.343. The van der Waals surface area contributed by atoms with E-state index in [4.69, 9.17) is 9.15 Å². The predicted molar refractivity (Wildman–Crippen MR) is 93.9 cm³/mol. The fourth-order valence-corrected chi connectivity index (χ4v) is 3.08. The van der Waals surface area contributed by atoms with Crippen molar-refractivity contribution in [1.82, 2.24) is 15.0 Å². The fraction of sp³-hybridized carbons (Fsp3) is 0. The van der Waals surface area contributed by atoms with Gasteiger partial charge in [-0.2, -0.15) is 4.98 Å². The van der Waals surface area contributed by atoms with Crippen LogP contribution in [0.25, 0.3) is 32.6 Å². The lowest BCUT2D eigenvalue weighted by atomic mass is 10.0. The molecular formula is C19H10FN3O3. The first-order valence-corrected chi connectivity index (χ1v) is 7.82. The van der Waals surface area contributed by atoms with Gasteiger partial charge in [-0.3, -0.25) is 9.78 Å². The number of hydrogen-bond donors (Lipinski definition) is 1. The van der Waals surface area contributed by atoms with Gasteiger partial charge in [0, 0.05) is 28.6 Å². The zero-order valence-corrected chi connectivity index (χ0v) is 13.2. The van der Waals surface area contributed by atoms with E-state index in [1.807, 2.05) is 0 Å². The van der Waals surface area contributed by atoms with Gasteiger partial charge in [0.1, 0.15) is 11.3 Å². The summed E-state index contributed by atoms with van der Waals surface area (Å²) in [6, 6.07) is 9.37. The third kappa shape index (κ3) is 2.14. The Balaban J connectivity index is 1.87. The molecule has 0 spiro atoms. The molecule has 5 rings (SSSR count). The first-order chi connectivity index (χ1) is 12.7. The van der Waals surface area contributed by atoms with Gasteiger partial charge in [0.25, 0.3) is 5.56 Å². The van der Waals surface area contributed by atoms with E-state index in [0.29, 0.717) is 38.4 Å². The second-order valence-corrected chi connectivity index (χ2v) is 5.73. The third-order valence-corrected chi connectivity index (χ3v) is 4.16. The predicted octanol–water partition coefficient (Wildman–Crippen LogP) is 4.15. The van der Waals surface area contributed by atoms with Crippen LogP contribution in [0.1, 0.15) is 0 Å². The van der Waals surface area contributed by atoms with Crippen LogP contribution >= 0.6 is 0 Å². The van der Waals surface area contributed by atoms with Crippen LogP contribution in [-0.2, 0) is 0 Å². The molecule has 1 N–H and O–H groups in total. The quantitative estimate of drug-likeness (QED) is 0.485. The maximum Gasteiger partial charge on any atom is 0.400 e. The molecule has 26 heavy (non-hydrogen) atoms. The minimum absolute atomic E-state index is 0.0198. The molecule has 7 heteroatoms. The maximum atomic E-state index is 13.8. The van der Waals surface area contributed by atoms with Crippen LogP contribution in [0.15, 0.2) is 64.2 Å². The number of ether oxygens (including phenoxy) is 1. The van der Waals surface area contributed by atoms with Gasteiger partial charge in [-0.05, 0) is 36.4 Å². The zero-order chi connectivity index (χ0) is 17.7. The van der Waals surface area contributed by atoms with Crippen molar-refractivity contribution in [2.45, 2.75) is 0 Å². The topological polar surface area (TPSA) is 81.0 Å².